The number of methoxy groups -OCH3 is 1. The lowest BCUT2D eigenvalue weighted by atomic mass is 10.0. The largest absolute Gasteiger partial charge is 0.467 e. The van der Waals surface area contributed by atoms with Crippen LogP contribution in [0.5, 0.6) is 0 Å². The SMILES string of the molecule is COC(=O)[C@@H](NC(=O)Cc1ccc(Cl)cc1C)C(C)C. The number of ether oxygens (including phenoxy) is 1. The van der Waals surface area contributed by atoms with Gasteiger partial charge in [0.25, 0.3) is 0 Å². The van der Waals surface area contributed by atoms with E-state index in [0.29, 0.717) is 5.02 Å². The Bertz CT molecular complexity index is 500. The molecule has 4 nitrogen and oxygen atoms in total. The molecule has 110 valence electrons. The van der Waals surface area contributed by atoms with Gasteiger partial charge in [0.15, 0.2) is 0 Å². The molecule has 1 amide bonds. The Kier molecular flexibility index (Phi) is 6.02. The van der Waals surface area contributed by atoms with Gasteiger partial charge in [-0.25, -0.2) is 4.79 Å². The van der Waals surface area contributed by atoms with E-state index in [-0.39, 0.29) is 18.2 Å². The van der Waals surface area contributed by atoms with Gasteiger partial charge in [-0.05, 0) is 36.1 Å². The van der Waals surface area contributed by atoms with Crippen molar-refractivity contribution in [2.45, 2.75) is 33.2 Å². The Morgan fingerprint density at radius 2 is 2.00 bits per heavy atom. The number of rotatable bonds is 5. The van der Waals surface area contributed by atoms with Crippen LogP contribution in [0.4, 0.5) is 0 Å². The minimum atomic E-state index is -0.625. The average Bonchev–Trinajstić information content (AvgIpc) is 2.38. The van der Waals surface area contributed by atoms with Crippen molar-refractivity contribution in [3.8, 4) is 0 Å². The molecule has 0 bridgehead atoms. The van der Waals surface area contributed by atoms with Crippen LogP contribution < -0.4 is 5.32 Å². The molecule has 0 radical (unpaired) electrons. The van der Waals surface area contributed by atoms with Crippen LogP contribution >= 0.6 is 11.6 Å². The number of carbonyl (C=O) groups is 2. The summed E-state index contributed by atoms with van der Waals surface area (Å²) in [6, 6.07) is 4.75. The fraction of sp³-hybridized carbons (Fsp3) is 0.467. The predicted molar refractivity (Wildman–Crippen MR) is 78.7 cm³/mol. The number of carbonyl (C=O) groups excluding carboxylic acids is 2. The van der Waals surface area contributed by atoms with Gasteiger partial charge in [0, 0.05) is 5.02 Å². The maximum atomic E-state index is 12.0. The summed E-state index contributed by atoms with van der Waals surface area (Å²) in [5.41, 5.74) is 1.84. The molecular weight excluding hydrogens is 278 g/mol. The summed E-state index contributed by atoms with van der Waals surface area (Å²) >= 11 is 5.88. The van der Waals surface area contributed by atoms with Gasteiger partial charge in [-0.3, -0.25) is 4.79 Å². The van der Waals surface area contributed by atoms with Crippen molar-refractivity contribution in [2.75, 3.05) is 7.11 Å². The van der Waals surface area contributed by atoms with E-state index in [1.165, 1.54) is 7.11 Å². The molecule has 0 saturated carbocycles. The molecule has 1 aromatic carbocycles. The van der Waals surface area contributed by atoms with E-state index in [2.05, 4.69) is 5.32 Å². The van der Waals surface area contributed by atoms with E-state index in [0.717, 1.165) is 11.1 Å². The average molecular weight is 298 g/mol. The highest BCUT2D eigenvalue weighted by Gasteiger charge is 2.24. The van der Waals surface area contributed by atoms with Crippen LogP contribution in [0.3, 0.4) is 0 Å². The Morgan fingerprint density at radius 3 is 2.50 bits per heavy atom. The number of esters is 1. The summed E-state index contributed by atoms with van der Waals surface area (Å²) < 4.78 is 4.69. The summed E-state index contributed by atoms with van der Waals surface area (Å²) in [4.78, 5) is 23.6. The first-order chi connectivity index (χ1) is 9.35. The Morgan fingerprint density at radius 1 is 1.35 bits per heavy atom. The molecule has 5 heteroatoms. The summed E-state index contributed by atoms with van der Waals surface area (Å²) in [5, 5.41) is 3.35. The highest BCUT2D eigenvalue weighted by molar-refractivity contribution is 6.30. The molecule has 1 atom stereocenters. The summed E-state index contributed by atoms with van der Waals surface area (Å²) in [5.74, 6) is -0.668. The highest BCUT2D eigenvalue weighted by atomic mass is 35.5. The van der Waals surface area contributed by atoms with Gasteiger partial charge in [0.05, 0.1) is 13.5 Å². The molecule has 0 spiro atoms. The molecule has 0 aliphatic carbocycles. The number of aryl methyl sites for hydroxylation is 1. The van der Waals surface area contributed by atoms with Crippen LogP contribution in [0, 0.1) is 12.8 Å². The normalized spacial score (nSPS) is 12.1. The molecule has 20 heavy (non-hydrogen) atoms. The minimum absolute atomic E-state index is 0.0299. The number of hydrogen-bond acceptors (Lipinski definition) is 3. The molecule has 0 aromatic heterocycles. The molecule has 1 N–H and O–H groups in total. The van der Waals surface area contributed by atoms with E-state index in [1.807, 2.05) is 32.9 Å². The van der Waals surface area contributed by atoms with Gasteiger partial charge in [0.2, 0.25) is 5.91 Å². The van der Waals surface area contributed by atoms with Crippen molar-refractivity contribution in [1.29, 1.82) is 0 Å². The summed E-state index contributed by atoms with van der Waals surface area (Å²) in [6.45, 7) is 5.61. The van der Waals surface area contributed by atoms with Gasteiger partial charge < -0.3 is 10.1 Å². The van der Waals surface area contributed by atoms with Crippen LogP contribution in [0.25, 0.3) is 0 Å². The Labute approximate surface area is 124 Å². The standard InChI is InChI=1S/C15H20ClNO3/c1-9(2)14(15(19)20-4)17-13(18)8-11-5-6-12(16)7-10(11)3/h5-7,9,14H,8H2,1-4H3,(H,17,18)/t14-/m0/s1. The molecule has 1 rings (SSSR count). The van der Waals surface area contributed by atoms with Gasteiger partial charge in [0.1, 0.15) is 6.04 Å². The van der Waals surface area contributed by atoms with E-state index in [9.17, 15) is 9.59 Å². The zero-order chi connectivity index (χ0) is 15.3. The zero-order valence-corrected chi connectivity index (χ0v) is 13.0. The first kappa shape index (κ1) is 16.5. The Balaban J connectivity index is 2.73. The first-order valence-corrected chi connectivity index (χ1v) is 6.85. The second-order valence-electron chi connectivity index (χ2n) is 5.06. The maximum absolute atomic E-state index is 12.0. The van der Waals surface area contributed by atoms with E-state index < -0.39 is 12.0 Å². The van der Waals surface area contributed by atoms with Gasteiger partial charge >= 0.3 is 5.97 Å². The molecule has 0 fully saturated rings. The van der Waals surface area contributed by atoms with E-state index in [4.69, 9.17) is 16.3 Å². The molecule has 1 aromatic rings. The van der Waals surface area contributed by atoms with E-state index in [1.54, 1.807) is 6.07 Å². The zero-order valence-electron chi connectivity index (χ0n) is 12.2. The lowest BCUT2D eigenvalue weighted by Gasteiger charge is -2.20. The predicted octanol–water partition coefficient (Wildman–Crippen LogP) is 2.50. The second-order valence-corrected chi connectivity index (χ2v) is 5.50. The maximum Gasteiger partial charge on any atom is 0.328 e. The second kappa shape index (κ2) is 7.29. The first-order valence-electron chi connectivity index (χ1n) is 6.47. The topological polar surface area (TPSA) is 55.4 Å². The smallest absolute Gasteiger partial charge is 0.328 e. The van der Waals surface area contributed by atoms with Crippen LogP contribution in [0.15, 0.2) is 18.2 Å². The molecule has 0 unspecified atom stereocenters. The third-order valence-corrected chi connectivity index (χ3v) is 3.33. The minimum Gasteiger partial charge on any atom is -0.467 e. The van der Waals surface area contributed by atoms with Crippen LogP contribution in [-0.4, -0.2) is 25.0 Å². The van der Waals surface area contributed by atoms with Gasteiger partial charge in [-0.2, -0.15) is 0 Å². The number of hydrogen-bond donors (Lipinski definition) is 1. The number of benzene rings is 1. The van der Waals surface area contributed by atoms with Crippen molar-refractivity contribution in [3.63, 3.8) is 0 Å². The molecule has 0 aliphatic rings. The van der Waals surface area contributed by atoms with Crippen molar-refractivity contribution in [2.24, 2.45) is 5.92 Å². The monoisotopic (exact) mass is 297 g/mol. The van der Waals surface area contributed by atoms with Crippen molar-refractivity contribution < 1.29 is 14.3 Å². The Hall–Kier alpha value is -1.55. The highest BCUT2D eigenvalue weighted by Crippen LogP contribution is 2.16. The van der Waals surface area contributed by atoms with Crippen LogP contribution in [0.2, 0.25) is 5.02 Å². The van der Waals surface area contributed by atoms with Crippen molar-refractivity contribution >= 4 is 23.5 Å². The van der Waals surface area contributed by atoms with Crippen LogP contribution in [-0.2, 0) is 20.7 Å². The summed E-state index contributed by atoms with van der Waals surface area (Å²) in [6.07, 6.45) is 0.212. The van der Waals surface area contributed by atoms with Crippen molar-refractivity contribution in [1.82, 2.24) is 5.32 Å². The summed E-state index contributed by atoms with van der Waals surface area (Å²) in [7, 11) is 1.31. The molecule has 0 saturated heterocycles. The fourth-order valence-corrected chi connectivity index (χ4v) is 2.11. The number of halogens is 1. The fourth-order valence-electron chi connectivity index (χ4n) is 1.88. The molecule has 0 heterocycles. The molecule has 0 aliphatic heterocycles. The third-order valence-electron chi connectivity index (χ3n) is 3.09. The third kappa shape index (κ3) is 4.53. The lowest BCUT2D eigenvalue weighted by Crippen LogP contribution is -2.45. The van der Waals surface area contributed by atoms with Crippen molar-refractivity contribution in [3.05, 3.63) is 34.3 Å². The van der Waals surface area contributed by atoms with Crippen LogP contribution in [0.1, 0.15) is 25.0 Å². The molecular formula is C15H20ClNO3. The number of amides is 1. The quantitative estimate of drug-likeness (QED) is 0.850. The lowest BCUT2D eigenvalue weighted by molar-refractivity contribution is -0.146. The van der Waals surface area contributed by atoms with Gasteiger partial charge in [-0.1, -0.05) is 31.5 Å². The van der Waals surface area contributed by atoms with Gasteiger partial charge in [-0.15, -0.1) is 0 Å². The number of nitrogens with one attached hydrogen (secondary N) is 1. The van der Waals surface area contributed by atoms with E-state index >= 15 is 0 Å².